The van der Waals surface area contributed by atoms with Gasteiger partial charge in [-0.05, 0) is 85.8 Å². The van der Waals surface area contributed by atoms with Crippen LogP contribution >= 0.6 is 31.9 Å². The summed E-state index contributed by atoms with van der Waals surface area (Å²) >= 11 is 7.04. The van der Waals surface area contributed by atoms with Crippen molar-refractivity contribution < 1.29 is 19.1 Å². The molecule has 0 unspecified atom stereocenters. The molecule has 1 aliphatic heterocycles. The molecule has 0 aliphatic carbocycles. The third kappa shape index (κ3) is 5.58. The van der Waals surface area contributed by atoms with E-state index in [0.717, 1.165) is 14.5 Å². The van der Waals surface area contributed by atoms with Gasteiger partial charge in [-0.2, -0.15) is 0 Å². The Balaban J connectivity index is 1.82. The standard InChI is InChI=1S/C22H20Br2N2O4/c1-12(2)11-29-20-17(23)8-14(9-18(20)24)10-19-22(28)30-21(26-19)15-4-6-16(7-5-15)25-13(3)27/h4-10,12H,11H2,1-3H3,(H,25,27)/b19-10-. The summed E-state index contributed by atoms with van der Waals surface area (Å²) in [5, 5.41) is 2.69. The second-order valence-corrected chi connectivity index (χ2v) is 8.82. The smallest absolute Gasteiger partial charge is 0.363 e. The van der Waals surface area contributed by atoms with Gasteiger partial charge in [0.2, 0.25) is 11.8 Å². The molecule has 0 fully saturated rings. The highest BCUT2D eigenvalue weighted by Crippen LogP contribution is 2.36. The molecule has 1 aliphatic rings. The molecule has 30 heavy (non-hydrogen) atoms. The summed E-state index contributed by atoms with van der Waals surface area (Å²) in [5.74, 6) is 0.650. The number of halogens is 2. The van der Waals surface area contributed by atoms with E-state index < -0.39 is 5.97 Å². The van der Waals surface area contributed by atoms with Crippen LogP contribution in [0.5, 0.6) is 5.75 Å². The average Bonchev–Trinajstić information content (AvgIpc) is 3.01. The normalized spacial score (nSPS) is 14.7. The summed E-state index contributed by atoms with van der Waals surface area (Å²) < 4.78 is 12.7. The second-order valence-electron chi connectivity index (χ2n) is 7.11. The van der Waals surface area contributed by atoms with Crippen molar-refractivity contribution in [3.05, 3.63) is 62.2 Å². The number of anilines is 1. The van der Waals surface area contributed by atoms with Gasteiger partial charge in [-0.3, -0.25) is 4.79 Å². The number of ether oxygens (including phenoxy) is 2. The van der Waals surface area contributed by atoms with Crippen molar-refractivity contribution in [1.29, 1.82) is 0 Å². The number of aliphatic imine (C=N–C) groups is 1. The Hall–Kier alpha value is -2.45. The van der Waals surface area contributed by atoms with E-state index in [0.29, 0.717) is 29.5 Å². The van der Waals surface area contributed by atoms with Crippen molar-refractivity contribution in [2.75, 3.05) is 11.9 Å². The van der Waals surface area contributed by atoms with Gasteiger partial charge in [0.1, 0.15) is 5.75 Å². The molecule has 6 nitrogen and oxygen atoms in total. The van der Waals surface area contributed by atoms with Crippen molar-refractivity contribution in [2.45, 2.75) is 20.8 Å². The fourth-order valence-corrected chi connectivity index (χ4v) is 4.09. The molecule has 1 N–H and O–H groups in total. The summed E-state index contributed by atoms with van der Waals surface area (Å²) in [7, 11) is 0. The minimum atomic E-state index is -0.525. The van der Waals surface area contributed by atoms with E-state index in [-0.39, 0.29) is 17.5 Å². The molecule has 1 heterocycles. The summed E-state index contributed by atoms with van der Waals surface area (Å²) in [6.07, 6.45) is 1.66. The van der Waals surface area contributed by atoms with Crippen LogP contribution in [0, 0.1) is 5.92 Å². The molecule has 8 heteroatoms. The number of carbonyl (C=O) groups is 2. The molecule has 3 rings (SSSR count). The van der Waals surface area contributed by atoms with E-state index >= 15 is 0 Å². The molecule has 2 aromatic rings. The van der Waals surface area contributed by atoms with Gasteiger partial charge in [0.15, 0.2) is 5.70 Å². The highest BCUT2D eigenvalue weighted by atomic mass is 79.9. The lowest BCUT2D eigenvalue weighted by molar-refractivity contribution is -0.129. The molecular weight excluding hydrogens is 516 g/mol. The van der Waals surface area contributed by atoms with Crippen LogP contribution in [0.1, 0.15) is 31.9 Å². The third-order valence-corrected chi connectivity index (χ3v) is 5.14. The molecular formula is C22H20Br2N2O4. The number of rotatable bonds is 6. The summed E-state index contributed by atoms with van der Waals surface area (Å²) in [6.45, 7) is 6.19. The zero-order valence-corrected chi connectivity index (χ0v) is 19.8. The number of hydrogen-bond acceptors (Lipinski definition) is 5. The Morgan fingerprint density at radius 2 is 1.83 bits per heavy atom. The van der Waals surface area contributed by atoms with Crippen molar-refractivity contribution in [3.8, 4) is 5.75 Å². The van der Waals surface area contributed by atoms with Crippen LogP contribution in [0.3, 0.4) is 0 Å². The number of esters is 1. The largest absolute Gasteiger partial charge is 0.491 e. The number of cyclic esters (lactones) is 1. The van der Waals surface area contributed by atoms with E-state index in [2.05, 4.69) is 56.0 Å². The van der Waals surface area contributed by atoms with Gasteiger partial charge >= 0.3 is 5.97 Å². The fourth-order valence-electron chi connectivity index (χ4n) is 2.64. The van der Waals surface area contributed by atoms with Crippen LogP contribution in [-0.4, -0.2) is 24.4 Å². The lowest BCUT2D eigenvalue weighted by Crippen LogP contribution is -2.07. The molecule has 0 radical (unpaired) electrons. The first-order chi connectivity index (χ1) is 14.2. The van der Waals surface area contributed by atoms with Gasteiger partial charge in [-0.1, -0.05) is 13.8 Å². The maximum Gasteiger partial charge on any atom is 0.363 e. The van der Waals surface area contributed by atoms with E-state index in [1.807, 2.05) is 12.1 Å². The van der Waals surface area contributed by atoms with Crippen molar-refractivity contribution >= 4 is 61.4 Å². The van der Waals surface area contributed by atoms with Gasteiger partial charge in [0.05, 0.1) is 15.6 Å². The van der Waals surface area contributed by atoms with Crippen LogP contribution in [0.25, 0.3) is 6.08 Å². The zero-order chi connectivity index (χ0) is 21.8. The molecule has 0 bridgehead atoms. The topological polar surface area (TPSA) is 77.0 Å². The maximum absolute atomic E-state index is 12.3. The Morgan fingerprint density at radius 1 is 1.20 bits per heavy atom. The van der Waals surface area contributed by atoms with Crippen molar-refractivity contribution in [2.24, 2.45) is 10.9 Å². The molecule has 0 atom stereocenters. The van der Waals surface area contributed by atoms with Crippen molar-refractivity contribution in [1.82, 2.24) is 0 Å². The Bertz CT molecular complexity index is 1020. The highest BCUT2D eigenvalue weighted by molar-refractivity contribution is 9.11. The fraction of sp³-hybridized carbons (Fsp3) is 0.227. The quantitative estimate of drug-likeness (QED) is 0.388. The van der Waals surface area contributed by atoms with E-state index in [1.165, 1.54) is 6.92 Å². The number of benzene rings is 2. The summed E-state index contributed by atoms with van der Waals surface area (Å²) in [5.41, 5.74) is 2.26. The van der Waals surface area contributed by atoms with E-state index in [4.69, 9.17) is 9.47 Å². The lowest BCUT2D eigenvalue weighted by Gasteiger charge is -2.13. The van der Waals surface area contributed by atoms with Gasteiger partial charge in [0.25, 0.3) is 0 Å². The van der Waals surface area contributed by atoms with Crippen LogP contribution in [0.15, 0.2) is 56.0 Å². The minimum Gasteiger partial charge on any atom is -0.491 e. The Kier molecular flexibility index (Phi) is 7.10. The lowest BCUT2D eigenvalue weighted by atomic mass is 10.2. The van der Waals surface area contributed by atoms with Gasteiger partial charge in [0, 0.05) is 18.2 Å². The van der Waals surface area contributed by atoms with Gasteiger partial charge in [-0.15, -0.1) is 0 Å². The second kappa shape index (κ2) is 9.57. The molecule has 0 saturated carbocycles. The number of hydrogen-bond donors (Lipinski definition) is 1. The number of nitrogens with zero attached hydrogens (tertiary/aromatic N) is 1. The average molecular weight is 536 g/mol. The molecule has 2 aromatic carbocycles. The van der Waals surface area contributed by atoms with Gasteiger partial charge < -0.3 is 14.8 Å². The monoisotopic (exact) mass is 534 g/mol. The first-order valence-corrected chi connectivity index (χ1v) is 10.8. The van der Waals surface area contributed by atoms with E-state index in [1.54, 1.807) is 30.3 Å². The first kappa shape index (κ1) is 22.2. The Labute approximate surface area is 191 Å². The van der Waals surface area contributed by atoms with Crippen LogP contribution in [0.2, 0.25) is 0 Å². The van der Waals surface area contributed by atoms with Crippen LogP contribution in [0.4, 0.5) is 5.69 Å². The Morgan fingerprint density at radius 3 is 2.40 bits per heavy atom. The van der Waals surface area contributed by atoms with Gasteiger partial charge in [-0.25, -0.2) is 9.79 Å². The first-order valence-electron chi connectivity index (χ1n) is 9.25. The summed E-state index contributed by atoms with van der Waals surface area (Å²) in [6, 6.07) is 10.6. The predicted molar refractivity (Wildman–Crippen MR) is 124 cm³/mol. The van der Waals surface area contributed by atoms with Crippen LogP contribution in [-0.2, 0) is 14.3 Å². The van der Waals surface area contributed by atoms with E-state index in [9.17, 15) is 9.59 Å². The summed E-state index contributed by atoms with van der Waals surface area (Å²) in [4.78, 5) is 27.7. The minimum absolute atomic E-state index is 0.157. The maximum atomic E-state index is 12.3. The highest BCUT2D eigenvalue weighted by Gasteiger charge is 2.24. The molecule has 0 saturated heterocycles. The predicted octanol–water partition coefficient (Wildman–Crippen LogP) is 5.55. The third-order valence-electron chi connectivity index (χ3n) is 3.96. The zero-order valence-electron chi connectivity index (χ0n) is 16.7. The molecule has 1 amide bonds. The number of amides is 1. The molecule has 0 spiro atoms. The molecule has 0 aromatic heterocycles. The number of nitrogens with one attached hydrogen (secondary N) is 1. The SMILES string of the molecule is CC(=O)Nc1ccc(C2=N/C(=C\c3cc(Br)c(OCC(C)C)c(Br)c3)C(=O)O2)cc1. The van der Waals surface area contributed by atoms with Crippen LogP contribution < -0.4 is 10.1 Å². The number of carbonyl (C=O) groups excluding carboxylic acids is 2. The van der Waals surface area contributed by atoms with Crippen molar-refractivity contribution in [3.63, 3.8) is 0 Å². The molecule has 156 valence electrons.